The van der Waals surface area contributed by atoms with E-state index in [1.54, 1.807) is 18.2 Å². The van der Waals surface area contributed by atoms with Gasteiger partial charge in [0, 0.05) is 12.2 Å². The van der Waals surface area contributed by atoms with E-state index in [9.17, 15) is 4.79 Å². The smallest absolute Gasteiger partial charge is 0.336 e. The molecule has 0 heterocycles. The van der Waals surface area contributed by atoms with Crippen LogP contribution in [0.5, 0.6) is 5.75 Å². The van der Waals surface area contributed by atoms with Crippen molar-refractivity contribution in [2.45, 2.75) is 13.3 Å². The van der Waals surface area contributed by atoms with Gasteiger partial charge >= 0.3 is 5.97 Å². The normalized spacial score (nSPS) is 9.87. The lowest BCUT2D eigenvalue weighted by molar-refractivity contribution is -0.128. The van der Waals surface area contributed by atoms with Crippen molar-refractivity contribution in [2.24, 2.45) is 0 Å². The number of carbonyl (C=O) groups excluding carboxylic acids is 1. The van der Waals surface area contributed by atoms with Crippen LogP contribution < -0.4 is 4.74 Å². The lowest BCUT2D eigenvalue weighted by atomic mass is 10.2. The number of allylic oxidation sites excluding steroid dienone is 1. The highest BCUT2D eigenvalue weighted by molar-refractivity contribution is 5.84. The van der Waals surface area contributed by atoms with Crippen LogP contribution in [-0.4, -0.2) is 5.97 Å². The van der Waals surface area contributed by atoms with E-state index in [1.165, 1.54) is 5.56 Å². The molecule has 0 bridgehead atoms. The highest BCUT2D eigenvalue weighted by Crippen LogP contribution is 2.12. The zero-order chi connectivity index (χ0) is 11.1. The molecular formula is C12H11NO2. The van der Waals surface area contributed by atoms with Gasteiger partial charge in [-0.3, -0.25) is 0 Å². The molecule has 0 aliphatic carbocycles. The second-order valence-electron chi connectivity index (χ2n) is 2.88. The van der Waals surface area contributed by atoms with Crippen LogP contribution in [0.3, 0.4) is 0 Å². The summed E-state index contributed by atoms with van der Waals surface area (Å²) in [4.78, 5) is 11.1. The Hall–Kier alpha value is -2.08. The molecule has 0 aliphatic rings. The van der Waals surface area contributed by atoms with Gasteiger partial charge in [0.05, 0.1) is 6.07 Å². The van der Waals surface area contributed by atoms with E-state index in [0.717, 1.165) is 18.6 Å². The highest BCUT2D eigenvalue weighted by atomic mass is 16.5. The minimum Gasteiger partial charge on any atom is -0.423 e. The molecule has 1 aromatic rings. The first-order valence-electron chi connectivity index (χ1n) is 4.63. The summed E-state index contributed by atoms with van der Waals surface area (Å²) < 4.78 is 4.94. The van der Waals surface area contributed by atoms with Crippen LogP contribution in [0.4, 0.5) is 0 Å². The Bertz CT molecular complexity index is 399. The molecule has 76 valence electrons. The highest BCUT2D eigenvalue weighted by Gasteiger charge is 1.99. The van der Waals surface area contributed by atoms with Crippen LogP contribution in [0, 0.1) is 11.3 Å². The van der Waals surface area contributed by atoms with Crippen molar-refractivity contribution in [3.05, 3.63) is 42.0 Å². The van der Waals surface area contributed by atoms with Gasteiger partial charge in [-0.2, -0.15) is 5.26 Å². The predicted octanol–water partition coefficient (Wildman–Crippen LogP) is 2.23. The quantitative estimate of drug-likeness (QED) is 0.326. The van der Waals surface area contributed by atoms with Crippen molar-refractivity contribution in [3.63, 3.8) is 0 Å². The molecule has 3 heteroatoms. The van der Waals surface area contributed by atoms with Crippen LogP contribution >= 0.6 is 0 Å². The number of carbonyl (C=O) groups is 1. The number of esters is 1. The third-order valence-corrected chi connectivity index (χ3v) is 1.84. The number of hydrogen-bond donors (Lipinski definition) is 0. The van der Waals surface area contributed by atoms with E-state index in [2.05, 4.69) is 6.92 Å². The summed E-state index contributed by atoms with van der Waals surface area (Å²) in [6, 6.07) is 8.99. The first-order valence-corrected chi connectivity index (χ1v) is 4.63. The summed E-state index contributed by atoms with van der Waals surface area (Å²) >= 11 is 0. The molecular weight excluding hydrogens is 190 g/mol. The number of nitriles is 1. The second kappa shape index (κ2) is 5.61. The molecule has 1 aromatic carbocycles. The first-order chi connectivity index (χ1) is 7.26. The Kier molecular flexibility index (Phi) is 4.11. The van der Waals surface area contributed by atoms with Crippen molar-refractivity contribution < 1.29 is 9.53 Å². The molecule has 0 aliphatic heterocycles. The fraction of sp³-hybridized carbons (Fsp3) is 0.167. The van der Waals surface area contributed by atoms with Gasteiger partial charge in [0.1, 0.15) is 5.75 Å². The molecule has 0 saturated carbocycles. The topological polar surface area (TPSA) is 50.1 Å². The summed E-state index contributed by atoms with van der Waals surface area (Å²) in [5.41, 5.74) is 1.18. The number of aryl methyl sites for hydroxylation is 1. The van der Waals surface area contributed by atoms with Crippen molar-refractivity contribution in [1.82, 2.24) is 0 Å². The van der Waals surface area contributed by atoms with E-state index < -0.39 is 5.97 Å². The monoisotopic (exact) mass is 201 g/mol. The molecule has 1 rings (SSSR count). The predicted molar refractivity (Wildman–Crippen MR) is 56.2 cm³/mol. The molecule has 0 radical (unpaired) electrons. The van der Waals surface area contributed by atoms with Gasteiger partial charge < -0.3 is 4.74 Å². The Morgan fingerprint density at radius 2 is 2.13 bits per heavy atom. The molecule has 0 amide bonds. The molecule has 0 N–H and O–H groups in total. The molecule has 0 unspecified atom stereocenters. The largest absolute Gasteiger partial charge is 0.423 e. The van der Waals surface area contributed by atoms with Crippen LogP contribution in [0.15, 0.2) is 36.4 Å². The molecule has 15 heavy (non-hydrogen) atoms. The fourth-order valence-electron chi connectivity index (χ4n) is 1.05. The van der Waals surface area contributed by atoms with Gasteiger partial charge in [0.25, 0.3) is 0 Å². The minimum absolute atomic E-state index is 0.486. The average molecular weight is 201 g/mol. The number of ether oxygens (including phenoxy) is 1. The summed E-state index contributed by atoms with van der Waals surface area (Å²) in [6.45, 7) is 2.05. The lowest BCUT2D eigenvalue weighted by Gasteiger charge is -2.01. The third kappa shape index (κ3) is 3.65. The molecule has 3 nitrogen and oxygen atoms in total. The molecule has 0 saturated heterocycles. The van der Waals surface area contributed by atoms with Crippen LogP contribution in [-0.2, 0) is 11.2 Å². The second-order valence-corrected chi connectivity index (χ2v) is 2.88. The van der Waals surface area contributed by atoms with Crippen LogP contribution in [0.1, 0.15) is 12.5 Å². The molecule has 0 spiro atoms. The molecule has 0 aromatic heterocycles. The lowest BCUT2D eigenvalue weighted by Crippen LogP contribution is -2.03. The maximum Gasteiger partial charge on any atom is 0.336 e. The number of rotatable bonds is 3. The number of hydrogen-bond acceptors (Lipinski definition) is 3. The zero-order valence-corrected chi connectivity index (χ0v) is 8.43. The minimum atomic E-state index is -0.541. The van der Waals surface area contributed by atoms with Gasteiger partial charge in [-0.25, -0.2) is 4.79 Å². The van der Waals surface area contributed by atoms with Crippen LogP contribution in [0.25, 0.3) is 0 Å². The Morgan fingerprint density at radius 3 is 2.67 bits per heavy atom. The van der Waals surface area contributed by atoms with E-state index >= 15 is 0 Å². The van der Waals surface area contributed by atoms with E-state index in [4.69, 9.17) is 10.00 Å². The average Bonchev–Trinajstić information content (AvgIpc) is 2.27. The van der Waals surface area contributed by atoms with Crippen molar-refractivity contribution in [1.29, 1.82) is 5.26 Å². The van der Waals surface area contributed by atoms with Crippen molar-refractivity contribution >= 4 is 5.97 Å². The maximum absolute atomic E-state index is 11.1. The zero-order valence-electron chi connectivity index (χ0n) is 8.43. The summed E-state index contributed by atoms with van der Waals surface area (Å²) in [6.07, 6.45) is 3.12. The summed E-state index contributed by atoms with van der Waals surface area (Å²) in [5.74, 6) is -0.0550. The van der Waals surface area contributed by atoms with Gasteiger partial charge in [0.2, 0.25) is 0 Å². The molecule has 0 fully saturated rings. The standard InChI is InChI=1S/C12H11NO2/c1-2-10-5-7-11(8-6-10)15-12(14)4-3-9-13/h3-8H,2H2,1H3. The van der Waals surface area contributed by atoms with Gasteiger partial charge in [-0.05, 0) is 24.1 Å². The molecule has 0 atom stereocenters. The van der Waals surface area contributed by atoms with Gasteiger partial charge in [-0.1, -0.05) is 19.1 Å². The number of nitrogens with zero attached hydrogens (tertiary/aromatic N) is 1. The van der Waals surface area contributed by atoms with E-state index in [-0.39, 0.29) is 0 Å². The summed E-state index contributed by atoms with van der Waals surface area (Å²) in [5, 5.41) is 8.20. The third-order valence-electron chi connectivity index (χ3n) is 1.84. The van der Waals surface area contributed by atoms with Crippen molar-refractivity contribution in [2.75, 3.05) is 0 Å². The Balaban J connectivity index is 2.62. The van der Waals surface area contributed by atoms with Crippen molar-refractivity contribution in [3.8, 4) is 11.8 Å². The summed E-state index contributed by atoms with van der Waals surface area (Å²) in [7, 11) is 0. The van der Waals surface area contributed by atoms with Crippen LogP contribution in [0.2, 0.25) is 0 Å². The fourth-order valence-corrected chi connectivity index (χ4v) is 1.05. The van der Waals surface area contributed by atoms with Gasteiger partial charge in [-0.15, -0.1) is 0 Å². The Labute approximate surface area is 88.6 Å². The SMILES string of the molecule is CCc1ccc(OC(=O)C=CC#N)cc1. The van der Waals surface area contributed by atoms with E-state index in [0.29, 0.717) is 5.75 Å². The first kappa shape index (κ1) is 11.0. The number of benzene rings is 1. The van der Waals surface area contributed by atoms with Gasteiger partial charge in [0.15, 0.2) is 0 Å². The van der Waals surface area contributed by atoms with E-state index in [1.807, 2.05) is 12.1 Å². The Morgan fingerprint density at radius 1 is 1.47 bits per heavy atom. The maximum atomic E-state index is 11.1.